The molecule has 23 heavy (non-hydrogen) atoms. The van der Waals surface area contributed by atoms with Crippen LogP contribution in [-0.4, -0.2) is 16.6 Å². The molecule has 2 aromatic carbocycles. The molecule has 0 bridgehead atoms. The van der Waals surface area contributed by atoms with Gasteiger partial charge in [-0.2, -0.15) is 0 Å². The van der Waals surface area contributed by atoms with Crippen LogP contribution in [0.15, 0.2) is 64.9 Å². The van der Waals surface area contributed by atoms with Gasteiger partial charge in [-0.15, -0.1) is 23.1 Å². The molecule has 0 saturated carbocycles. The molecule has 0 saturated heterocycles. The summed E-state index contributed by atoms with van der Waals surface area (Å²) < 4.78 is 0. The fraction of sp³-hybridized carbons (Fsp3) is 0.0588. The zero-order chi connectivity index (χ0) is 16.1. The van der Waals surface area contributed by atoms with Gasteiger partial charge in [0.2, 0.25) is 5.91 Å². The van der Waals surface area contributed by atoms with E-state index in [1.807, 2.05) is 60.0 Å². The van der Waals surface area contributed by atoms with Crippen LogP contribution >= 0.6 is 23.1 Å². The number of benzene rings is 2. The van der Waals surface area contributed by atoms with Gasteiger partial charge in [-0.25, -0.2) is 4.98 Å². The first-order chi connectivity index (χ1) is 11.2. The Bertz CT molecular complexity index is 785. The van der Waals surface area contributed by atoms with Crippen molar-refractivity contribution in [1.29, 1.82) is 0 Å². The van der Waals surface area contributed by atoms with Gasteiger partial charge in [-0.3, -0.25) is 4.79 Å². The molecule has 1 amide bonds. The predicted octanol–water partition coefficient (Wildman–Crippen LogP) is 4.12. The summed E-state index contributed by atoms with van der Waals surface area (Å²) in [5, 5.41) is 5.40. The molecule has 0 radical (unpaired) electrons. The third-order valence-electron chi connectivity index (χ3n) is 3.07. The Labute approximate surface area is 142 Å². The highest BCUT2D eigenvalue weighted by Crippen LogP contribution is 2.25. The van der Waals surface area contributed by atoms with Crippen molar-refractivity contribution < 1.29 is 4.79 Å². The molecular formula is C17H15N3OS2. The van der Waals surface area contributed by atoms with E-state index in [-0.39, 0.29) is 5.91 Å². The summed E-state index contributed by atoms with van der Waals surface area (Å²) in [7, 11) is 0. The number of hydrogen-bond donors (Lipinski definition) is 2. The maximum absolute atomic E-state index is 12.0. The number of nitrogens with zero attached hydrogens (tertiary/aromatic N) is 1. The number of nitrogens with one attached hydrogen (secondary N) is 1. The molecule has 1 heterocycles. The van der Waals surface area contributed by atoms with E-state index in [4.69, 9.17) is 5.73 Å². The normalized spacial score (nSPS) is 10.4. The Balaban J connectivity index is 1.56. The summed E-state index contributed by atoms with van der Waals surface area (Å²) in [6.45, 7) is 0. The summed E-state index contributed by atoms with van der Waals surface area (Å²) in [5.74, 6) is 0.269. The van der Waals surface area contributed by atoms with E-state index in [0.29, 0.717) is 10.9 Å². The molecule has 0 spiro atoms. The molecule has 116 valence electrons. The number of hydrogen-bond acceptors (Lipinski definition) is 5. The Hall–Kier alpha value is -2.31. The number of nitrogens with two attached hydrogens (primary N) is 1. The highest BCUT2D eigenvalue weighted by molar-refractivity contribution is 8.00. The zero-order valence-electron chi connectivity index (χ0n) is 12.2. The molecule has 0 aliphatic heterocycles. The molecule has 3 N–H and O–H groups in total. The van der Waals surface area contributed by atoms with E-state index in [0.717, 1.165) is 21.8 Å². The van der Waals surface area contributed by atoms with Crippen molar-refractivity contribution in [3.63, 3.8) is 0 Å². The van der Waals surface area contributed by atoms with E-state index in [9.17, 15) is 4.79 Å². The summed E-state index contributed by atoms with van der Waals surface area (Å²) in [4.78, 5) is 17.5. The zero-order valence-corrected chi connectivity index (χ0v) is 13.9. The molecule has 0 fully saturated rings. The molecule has 4 nitrogen and oxygen atoms in total. The van der Waals surface area contributed by atoms with E-state index in [1.54, 1.807) is 0 Å². The van der Waals surface area contributed by atoms with Crippen molar-refractivity contribution in [2.24, 2.45) is 0 Å². The van der Waals surface area contributed by atoms with Crippen LogP contribution in [0, 0.1) is 0 Å². The molecule has 0 aliphatic carbocycles. The number of carbonyl (C=O) groups is 1. The first-order valence-corrected chi connectivity index (χ1v) is 8.86. The fourth-order valence-corrected chi connectivity index (χ4v) is 3.38. The van der Waals surface area contributed by atoms with Gasteiger partial charge in [-0.1, -0.05) is 30.3 Å². The van der Waals surface area contributed by atoms with Crippen LogP contribution in [0.2, 0.25) is 0 Å². The largest absolute Gasteiger partial charge is 0.399 e. The van der Waals surface area contributed by atoms with Gasteiger partial charge in [-0.05, 0) is 24.3 Å². The van der Waals surface area contributed by atoms with Crippen molar-refractivity contribution in [1.82, 2.24) is 4.98 Å². The van der Waals surface area contributed by atoms with Gasteiger partial charge in [0.25, 0.3) is 0 Å². The van der Waals surface area contributed by atoms with Crippen molar-refractivity contribution in [2.45, 2.75) is 4.90 Å². The minimum atomic E-state index is -0.0687. The van der Waals surface area contributed by atoms with Crippen LogP contribution in [0.5, 0.6) is 0 Å². The molecule has 0 aliphatic rings. The minimum Gasteiger partial charge on any atom is -0.399 e. The first kappa shape index (κ1) is 15.6. The highest BCUT2D eigenvalue weighted by Gasteiger charge is 2.08. The third kappa shape index (κ3) is 4.34. The monoisotopic (exact) mass is 341 g/mol. The number of anilines is 2. The van der Waals surface area contributed by atoms with Gasteiger partial charge in [0, 0.05) is 21.5 Å². The molecule has 0 atom stereocenters. The molecule has 6 heteroatoms. The summed E-state index contributed by atoms with van der Waals surface area (Å²) in [5.41, 5.74) is 8.27. The van der Waals surface area contributed by atoms with Crippen molar-refractivity contribution in [3.05, 3.63) is 60.0 Å². The molecule has 0 unspecified atom stereocenters. The quantitative estimate of drug-likeness (QED) is 0.541. The maximum atomic E-state index is 12.0. The number of amides is 1. The van der Waals surface area contributed by atoms with Crippen LogP contribution in [0.4, 0.5) is 10.8 Å². The lowest BCUT2D eigenvalue weighted by Crippen LogP contribution is -2.13. The fourth-order valence-electron chi connectivity index (χ4n) is 1.94. The SMILES string of the molecule is Nc1ccc(SCC(=O)Nc2nc(-c3ccccc3)cs2)cc1. The second-order valence-electron chi connectivity index (χ2n) is 4.81. The van der Waals surface area contributed by atoms with Crippen molar-refractivity contribution >= 4 is 39.8 Å². The van der Waals surface area contributed by atoms with E-state index < -0.39 is 0 Å². The Morgan fingerprint density at radius 1 is 1.13 bits per heavy atom. The number of nitrogen functional groups attached to an aromatic ring is 1. The number of rotatable bonds is 5. The van der Waals surface area contributed by atoms with Gasteiger partial charge in [0.1, 0.15) is 0 Å². The Morgan fingerprint density at radius 3 is 2.61 bits per heavy atom. The minimum absolute atomic E-state index is 0.0687. The standard InChI is InChI=1S/C17H15N3OS2/c18-13-6-8-14(9-7-13)22-11-16(21)20-17-19-15(10-23-17)12-4-2-1-3-5-12/h1-10H,11,18H2,(H,19,20,21). The van der Waals surface area contributed by atoms with E-state index in [1.165, 1.54) is 23.1 Å². The second-order valence-corrected chi connectivity index (χ2v) is 6.72. The maximum Gasteiger partial charge on any atom is 0.236 e. The lowest BCUT2D eigenvalue weighted by molar-refractivity contribution is -0.113. The average molecular weight is 341 g/mol. The van der Waals surface area contributed by atoms with Crippen LogP contribution in [0.25, 0.3) is 11.3 Å². The molecule has 3 rings (SSSR count). The summed E-state index contributed by atoms with van der Waals surface area (Å²) in [6, 6.07) is 17.4. The van der Waals surface area contributed by atoms with Crippen LogP contribution in [0.1, 0.15) is 0 Å². The Morgan fingerprint density at radius 2 is 1.87 bits per heavy atom. The summed E-state index contributed by atoms with van der Waals surface area (Å²) >= 11 is 2.90. The lowest BCUT2D eigenvalue weighted by Gasteiger charge is -2.02. The smallest absolute Gasteiger partial charge is 0.236 e. The summed E-state index contributed by atoms with van der Waals surface area (Å²) in [6.07, 6.45) is 0. The average Bonchev–Trinajstić information content (AvgIpc) is 3.04. The van der Waals surface area contributed by atoms with Gasteiger partial charge >= 0.3 is 0 Å². The topological polar surface area (TPSA) is 68.0 Å². The van der Waals surface area contributed by atoms with Crippen molar-refractivity contribution in [3.8, 4) is 11.3 Å². The van der Waals surface area contributed by atoms with E-state index in [2.05, 4.69) is 10.3 Å². The third-order valence-corrected chi connectivity index (χ3v) is 4.84. The number of carbonyl (C=O) groups excluding carboxylic acids is 1. The molecule has 3 aromatic rings. The van der Waals surface area contributed by atoms with Crippen LogP contribution < -0.4 is 11.1 Å². The first-order valence-electron chi connectivity index (χ1n) is 7.00. The number of thioether (sulfide) groups is 1. The second kappa shape index (κ2) is 7.30. The van der Waals surface area contributed by atoms with Crippen LogP contribution in [-0.2, 0) is 4.79 Å². The molecule has 1 aromatic heterocycles. The number of thiazole rings is 1. The lowest BCUT2D eigenvalue weighted by atomic mass is 10.2. The van der Waals surface area contributed by atoms with Crippen LogP contribution in [0.3, 0.4) is 0 Å². The number of aromatic nitrogens is 1. The van der Waals surface area contributed by atoms with E-state index >= 15 is 0 Å². The molecular weight excluding hydrogens is 326 g/mol. The van der Waals surface area contributed by atoms with Gasteiger partial charge in [0.05, 0.1) is 11.4 Å². The Kier molecular flexibility index (Phi) is 4.95. The predicted molar refractivity (Wildman–Crippen MR) is 97.8 cm³/mol. The highest BCUT2D eigenvalue weighted by atomic mass is 32.2. The van der Waals surface area contributed by atoms with Gasteiger partial charge < -0.3 is 11.1 Å². The van der Waals surface area contributed by atoms with Crippen molar-refractivity contribution in [2.75, 3.05) is 16.8 Å². The van der Waals surface area contributed by atoms with Gasteiger partial charge in [0.15, 0.2) is 5.13 Å².